The number of hydrogen-bond donors (Lipinski definition) is 0. The minimum atomic E-state index is -0.130. The van der Waals surface area contributed by atoms with Crippen LogP contribution in [0.5, 0.6) is 23.0 Å². The van der Waals surface area contributed by atoms with E-state index in [1.54, 1.807) is 0 Å². The maximum atomic E-state index is 7.80. The quantitative estimate of drug-likeness (QED) is 0.142. The third kappa shape index (κ3) is 6.19. The molecule has 0 amide bonds. The number of hydrogen-bond acceptors (Lipinski definition) is 2. The zero-order valence-corrected chi connectivity index (χ0v) is 46.1. The summed E-state index contributed by atoms with van der Waals surface area (Å²) in [6.45, 7) is 41.9. The van der Waals surface area contributed by atoms with Crippen LogP contribution in [0.15, 0.2) is 97.1 Å². The van der Waals surface area contributed by atoms with Gasteiger partial charge in [-0.05, 0) is 142 Å². The Morgan fingerprint density at radius 2 is 0.639 bits per heavy atom. The summed E-state index contributed by atoms with van der Waals surface area (Å²) >= 11 is 0. The second kappa shape index (κ2) is 13.9. The van der Waals surface area contributed by atoms with Gasteiger partial charge in [-0.1, -0.05) is 173 Å². The first kappa shape index (κ1) is 45.7. The van der Waals surface area contributed by atoms with E-state index < -0.39 is 0 Å². The van der Waals surface area contributed by atoms with Gasteiger partial charge in [-0.15, -0.1) is 0 Å². The Balaban J connectivity index is 1.29. The summed E-state index contributed by atoms with van der Waals surface area (Å²) in [6, 6.07) is 38.8. The van der Waals surface area contributed by atoms with Crippen LogP contribution in [0, 0.1) is 0 Å². The highest BCUT2D eigenvalue weighted by Gasteiger charge is 2.51. The molecule has 4 aliphatic rings. The fraction of sp³-hybridized carbons (Fsp3) is 0.364. The van der Waals surface area contributed by atoms with E-state index in [1.165, 1.54) is 104 Å². The van der Waals surface area contributed by atoms with Crippen molar-refractivity contribution in [3.05, 3.63) is 130 Å². The predicted octanol–water partition coefficient (Wildman–Crippen LogP) is 13.5. The monoisotopic (exact) mass is 945 g/mol. The summed E-state index contributed by atoms with van der Waals surface area (Å²) in [5.41, 5.74) is 22.1. The van der Waals surface area contributed by atoms with Crippen molar-refractivity contribution in [3.8, 4) is 34.4 Å². The fourth-order valence-electron chi connectivity index (χ4n) is 12.8. The molecule has 0 N–H and O–H groups in total. The van der Waals surface area contributed by atoms with Crippen LogP contribution >= 0.6 is 0 Å². The van der Waals surface area contributed by atoms with Gasteiger partial charge in [0.15, 0.2) is 0 Å². The van der Waals surface area contributed by atoms with Gasteiger partial charge < -0.3 is 18.6 Å². The predicted molar refractivity (Wildman–Crippen MR) is 310 cm³/mol. The maximum Gasteiger partial charge on any atom is 0.260 e. The number of nitrogens with zero attached hydrogens (tertiary/aromatic N) is 2. The van der Waals surface area contributed by atoms with Gasteiger partial charge in [-0.3, -0.25) is 0 Å². The molecule has 6 heterocycles. The summed E-state index contributed by atoms with van der Waals surface area (Å²) in [6.07, 6.45) is 0. The van der Waals surface area contributed by atoms with Gasteiger partial charge in [0.1, 0.15) is 23.0 Å². The average molecular weight is 945 g/mol. The van der Waals surface area contributed by atoms with Gasteiger partial charge in [0.05, 0.1) is 22.4 Å². The van der Waals surface area contributed by atoms with E-state index in [4.69, 9.17) is 9.47 Å². The molecule has 0 spiro atoms. The molecule has 6 heteroatoms. The molecule has 72 heavy (non-hydrogen) atoms. The lowest BCUT2D eigenvalue weighted by Gasteiger charge is -2.42. The second-order valence-corrected chi connectivity index (χ2v) is 28.3. The van der Waals surface area contributed by atoms with Gasteiger partial charge in [0.2, 0.25) is 0 Å². The molecule has 4 nitrogen and oxygen atoms in total. The van der Waals surface area contributed by atoms with Gasteiger partial charge in [0, 0.05) is 38.0 Å². The molecule has 9 aromatic rings. The molecule has 0 unspecified atom stereocenters. The third-order valence-electron chi connectivity index (χ3n) is 17.1. The largest absolute Gasteiger partial charge is 0.456 e. The lowest BCUT2D eigenvalue weighted by Crippen LogP contribution is -2.63. The van der Waals surface area contributed by atoms with Crippen LogP contribution in [0.3, 0.4) is 0 Å². The molecule has 0 saturated carbocycles. The van der Waals surface area contributed by atoms with Crippen molar-refractivity contribution < 1.29 is 9.47 Å². The molecular formula is C66H70B2N2O2. The molecule has 0 bridgehead atoms. The topological polar surface area (TPSA) is 28.3 Å². The minimum absolute atomic E-state index is 0.0340. The van der Waals surface area contributed by atoms with Gasteiger partial charge in [0.25, 0.3) is 13.4 Å². The van der Waals surface area contributed by atoms with Gasteiger partial charge in [-0.2, -0.15) is 0 Å². The first-order valence-electron chi connectivity index (χ1n) is 26.7. The van der Waals surface area contributed by atoms with E-state index in [9.17, 15) is 0 Å². The Hall–Kier alpha value is -6.13. The molecule has 4 aliphatic heterocycles. The first-order chi connectivity index (χ1) is 33.5. The van der Waals surface area contributed by atoms with E-state index in [1.807, 2.05) is 0 Å². The average Bonchev–Trinajstić information content (AvgIpc) is 3.79. The number of fused-ring (bicyclic) bond motifs is 16. The van der Waals surface area contributed by atoms with Crippen LogP contribution in [0.2, 0.25) is 0 Å². The Morgan fingerprint density at radius 1 is 0.319 bits per heavy atom. The highest BCUT2D eigenvalue weighted by molar-refractivity contribution is 7.02. The SMILES string of the molecule is CC(C)(C)c1ccc2c(c1)Oc1c3c(c4c5c1-n1c6ccc(C(C)(C)C)cc6c6cc(C(C)(C)C)cc(c61)B5c1cc(C(C)(C)C)cc5c6cc(C(C)(C)C)ccc6n-4c15)Oc1cc(C(C)(C)C)ccc1B23. The smallest absolute Gasteiger partial charge is 0.260 e. The lowest BCUT2D eigenvalue weighted by molar-refractivity contribution is 0.459. The van der Waals surface area contributed by atoms with Crippen LogP contribution in [-0.2, 0) is 32.5 Å². The van der Waals surface area contributed by atoms with Crippen LogP contribution in [0.4, 0.5) is 0 Å². The van der Waals surface area contributed by atoms with Crippen LogP contribution in [0.1, 0.15) is 158 Å². The minimum Gasteiger partial charge on any atom is -0.456 e. The first-order valence-corrected chi connectivity index (χ1v) is 26.7. The van der Waals surface area contributed by atoms with Crippen LogP contribution < -0.4 is 42.3 Å². The number of ether oxygens (including phenoxy) is 2. The van der Waals surface area contributed by atoms with Crippen molar-refractivity contribution in [1.29, 1.82) is 0 Å². The molecule has 0 radical (unpaired) electrons. The normalized spacial score (nSPS) is 15.0. The Kier molecular flexibility index (Phi) is 8.84. The third-order valence-corrected chi connectivity index (χ3v) is 17.1. The Labute approximate surface area is 428 Å². The summed E-state index contributed by atoms with van der Waals surface area (Å²) in [5.74, 6) is 3.67. The lowest BCUT2D eigenvalue weighted by atomic mass is 9.31. The van der Waals surface area contributed by atoms with Crippen LogP contribution in [0.25, 0.3) is 55.0 Å². The second-order valence-electron chi connectivity index (χ2n) is 28.3. The Bertz CT molecular complexity index is 3680. The molecule has 0 fully saturated rings. The number of aromatic nitrogens is 2. The summed E-state index contributed by atoms with van der Waals surface area (Å²) in [7, 11) is 0. The molecule has 0 atom stereocenters. The van der Waals surface area contributed by atoms with E-state index in [0.717, 1.165) is 39.8 Å². The molecule has 362 valence electrons. The number of rotatable bonds is 0. The fourth-order valence-corrected chi connectivity index (χ4v) is 12.8. The summed E-state index contributed by atoms with van der Waals surface area (Å²) in [4.78, 5) is 0. The zero-order chi connectivity index (χ0) is 51.0. The van der Waals surface area contributed by atoms with Crippen LogP contribution in [-0.4, -0.2) is 22.6 Å². The molecule has 0 aliphatic carbocycles. The van der Waals surface area contributed by atoms with Crippen molar-refractivity contribution in [2.75, 3.05) is 0 Å². The van der Waals surface area contributed by atoms with Gasteiger partial charge in [-0.25, -0.2) is 0 Å². The Morgan fingerprint density at radius 3 is 1.00 bits per heavy atom. The molecule has 13 rings (SSSR count). The van der Waals surface area contributed by atoms with Crippen molar-refractivity contribution >= 4 is 89.8 Å². The molecular weight excluding hydrogens is 874 g/mol. The zero-order valence-electron chi connectivity index (χ0n) is 46.1. The highest BCUT2D eigenvalue weighted by atomic mass is 16.5. The van der Waals surface area contributed by atoms with E-state index in [0.29, 0.717) is 0 Å². The highest BCUT2D eigenvalue weighted by Crippen LogP contribution is 2.50. The van der Waals surface area contributed by atoms with E-state index >= 15 is 0 Å². The summed E-state index contributed by atoms with van der Waals surface area (Å²) in [5, 5.41) is 5.18. The van der Waals surface area contributed by atoms with Crippen molar-refractivity contribution in [2.24, 2.45) is 0 Å². The van der Waals surface area contributed by atoms with Crippen molar-refractivity contribution in [2.45, 2.75) is 157 Å². The van der Waals surface area contributed by atoms with E-state index in [2.05, 4.69) is 231 Å². The molecule has 7 aromatic carbocycles. The van der Waals surface area contributed by atoms with Crippen molar-refractivity contribution in [3.63, 3.8) is 0 Å². The van der Waals surface area contributed by atoms with Gasteiger partial charge >= 0.3 is 0 Å². The maximum absolute atomic E-state index is 7.80. The van der Waals surface area contributed by atoms with Crippen molar-refractivity contribution in [1.82, 2.24) is 9.13 Å². The molecule has 2 aromatic heterocycles. The standard InChI is InChI=1S/C66H70B2N2O2/c1-61(2,3)35-21-25-49-41(27-35)43-29-39(65(13,14)15)31-47-55(43)69(49)57-53-58(70-50-26-22-36(62(4,5)6)28-42(50)44-30-40(66(16,17)18)32-48(56(44)70)68(47)53)60-54-59(57)71-51-33-37(63(7,8)9)19-23-45(51)67(54)46-24-20-38(64(10,11)12)34-52(46)72-60/h19-34H,1-18H3. The summed E-state index contributed by atoms with van der Waals surface area (Å²) < 4.78 is 20.9. The number of benzene rings is 7. The van der Waals surface area contributed by atoms with E-state index in [-0.39, 0.29) is 45.9 Å². The molecule has 0 saturated heterocycles.